The maximum Gasteiger partial charge on any atom is 0.269 e. The van der Waals surface area contributed by atoms with Crippen molar-refractivity contribution >= 4 is 17.3 Å². The zero-order chi connectivity index (χ0) is 14.8. The van der Waals surface area contributed by atoms with Crippen LogP contribution in [0.4, 0.5) is 11.4 Å². The van der Waals surface area contributed by atoms with Gasteiger partial charge in [0, 0.05) is 37.3 Å². The Hall–Kier alpha value is -2.11. The Bertz CT molecular complexity index is 432. The average molecular weight is 279 g/mol. The molecule has 0 saturated heterocycles. The second-order valence-electron chi connectivity index (χ2n) is 4.54. The van der Waals surface area contributed by atoms with Crippen LogP contribution >= 0.6 is 0 Å². The van der Waals surface area contributed by atoms with Gasteiger partial charge in [-0.15, -0.1) is 0 Å². The summed E-state index contributed by atoms with van der Waals surface area (Å²) in [7, 11) is 0. The highest BCUT2D eigenvalue weighted by Gasteiger charge is 2.03. The van der Waals surface area contributed by atoms with Gasteiger partial charge in [0.15, 0.2) is 0 Å². The number of rotatable bonds is 9. The molecule has 6 nitrogen and oxygen atoms in total. The van der Waals surface area contributed by atoms with Crippen molar-refractivity contribution in [2.45, 2.75) is 32.6 Å². The number of hydrogen-bond acceptors (Lipinski definition) is 4. The first-order chi connectivity index (χ1) is 9.63. The fourth-order valence-corrected chi connectivity index (χ4v) is 1.73. The summed E-state index contributed by atoms with van der Waals surface area (Å²) in [6, 6.07) is 6.35. The third kappa shape index (κ3) is 6.17. The molecule has 6 heteroatoms. The van der Waals surface area contributed by atoms with E-state index in [4.69, 9.17) is 0 Å². The number of nitro groups is 1. The number of benzene rings is 1. The standard InChI is InChI=1S/C14H21N3O3/c1-2-5-14(18)16-11-4-3-10-15-12-6-8-13(9-7-12)17(19)20/h6-9,15H,2-5,10-11H2,1H3,(H,16,18). The Morgan fingerprint density at radius 1 is 1.20 bits per heavy atom. The molecule has 1 aromatic carbocycles. The molecule has 0 unspecified atom stereocenters. The molecule has 0 radical (unpaired) electrons. The van der Waals surface area contributed by atoms with Crippen molar-refractivity contribution in [2.75, 3.05) is 18.4 Å². The highest BCUT2D eigenvalue weighted by atomic mass is 16.6. The minimum atomic E-state index is -0.414. The van der Waals surface area contributed by atoms with Crippen LogP contribution in [-0.2, 0) is 4.79 Å². The topological polar surface area (TPSA) is 84.3 Å². The number of amides is 1. The first kappa shape index (κ1) is 15.9. The minimum Gasteiger partial charge on any atom is -0.385 e. The maximum absolute atomic E-state index is 11.2. The molecule has 0 aliphatic rings. The predicted octanol–water partition coefficient (Wildman–Crippen LogP) is 2.70. The summed E-state index contributed by atoms with van der Waals surface area (Å²) in [5, 5.41) is 16.5. The molecule has 1 rings (SSSR count). The van der Waals surface area contributed by atoms with Crippen molar-refractivity contribution in [2.24, 2.45) is 0 Å². The normalized spacial score (nSPS) is 10.1. The minimum absolute atomic E-state index is 0.0918. The zero-order valence-corrected chi connectivity index (χ0v) is 11.7. The van der Waals surface area contributed by atoms with E-state index < -0.39 is 4.92 Å². The van der Waals surface area contributed by atoms with Crippen molar-refractivity contribution in [1.82, 2.24) is 5.32 Å². The zero-order valence-electron chi connectivity index (χ0n) is 11.7. The number of non-ortho nitro benzene ring substituents is 1. The summed E-state index contributed by atoms with van der Waals surface area (Å²) in [6.45, 7) is 3.45. The average Bonchev–Trinajstić information content (AvgIpc) is 2.43. The fraction of sp³-hybridized carbons (Fsp3) is 0.500. The van der Waals surface area contributed by atoms with E-state index in [2.05, 4.69) is 10.6 Å². The van der Waals surface area contributed by atoms with E-state index in [0.717, 1.165) is 31.5 Å². The molecule has 0 aliphatic carbocycles. The Morgan fingerprint density at radius 3 is 2.45 bits per heavy atom. The maximum atomic E-state index is 11.2. The van der Waals surface area contributed by atoms with Gasteiger partial charge in [0.25, 0.3) is 5.69 Å². The van der Waals surface area contributed by atoms with Crippen LogP contribution in [0.25, 0.3) is 0 Å². The van der Waals surface area contributed by atoms with Crippen molar-refractivity contribution in [1.29, 1.82) is 0 Å². The lowest BCUT2D eigenvalue weighted by Gasteiger charge is -2.07. The summed E-state index contributed by atoms with van der Waals surface area (Å²) >= 11 is 0. The number of carbonyl (C=O) groups is 1. The van der Waals surface area contributed by atoms with E-state index in [9.17, 15) is 14.9 Å². The Morgan fingerprint density at radius 2 is 1.85 bits per heavy atom. The Balaban J connectivity index is 2.12. The number of nitrogens with zero attached hydrogens (tertiary/aromatic N) is 1. The second-order valence-corrected chi connectivity index (χ2v) is 4.54. The highest BCUT2D eigenvalue weighted by Crippen LogP contribution is 2.15. The SMILES string of the molecule is CCCC(=O)NCCCCNc1ccc([N+](=O)[O-])cc1. The summed E-state index contributed by atoms with van der Waals surface area (Å²) in [5.41, 5.74) is 0.958. The van der Waals surface area contributed by atoms with Gasteiger partial charge in [-0.1, -0.05) is 6.92 Å². The third-order valence-electron chi connectivity index (χ3n) is 2.81. The molecule has 0 heterocycles. The van der Waals surface area contributed by atoms with Crippen LogP contribution in [0.2, 0.25) is 0 Å². The van der Waals surface area contributed by atoms with Crippen LogP contribution in [0.1, 0.15) is 32.6 Å². The summed E-state index contributed by atoms with van der Waals surface area (Å²) in [6.07, 6.45) is 3.30. The van der Waals surface area contributed by atoms with Gasteiger partial charge in [-0.2, -0.15) is 0 Å². The molecule has 1 amide bonds. The largest absolute Gasteiger partial charge is 0.385 e. The number of nitro benzene ring substituents is 1. The van der Waals surface area contributed by atoms with Gasteiger partial charge in [0.2, 0.25) is 5.91 Å². The Kier molecular flexibility index (Phi) is 7.10. The van der Waals surface area contributed by atoms with Crippen LogP contribution in [0, 0.1) is 10.1 Å². The van der Waals surface area contributed by atoms with Gasteiger partial charge < -0.3 is 10.6 Å². The molecule has 0 saturated carbocycles. The summed E-state index contributed by atoms with van der Waals surface area (Å²) < 4.78 is 0. The lowest BCUT2D eigenvalue weighted by atomic mass is 10.2. The number of nitrogens with one attached hydrogen (secondary N) is 2. The first-order valence-electron chi connectivity index (χ1n) is 6.88. The van der Waals surface area contributed by atoms with Crippen LogP contribution in [0.3, 0.4) is 0 Å². The van der Waals surface area contributed by atoms with Gasteiger partial charge in [0.05, 0.1) is 4.92 Å². The van der Waals surface area contributed by atoms with Gasteiger partial charge >= 0.3 is 0 Å². The Labute approximate surface area is 118 Å². The van der Waals surface area contributed by atoms with E-state index in [1.807, 2.05) is 6.92 Å². The smallest absolute Gasteiger partial charge is 0.269 e. The van der Waals surface area contributed by atoms with Crippen LogP contribution in [0.15, 0.2) is 24.3 Å². The molecule has 20 heavy (non-hydrogen) atoms. The number of carbonyl (C=O) groups excluding carboxylic acids is 1. The fourth-order valence-electron chi connectivity index (χ4n) is 1.73. The van der Waals surface area contributed by atoms with E-state index in [1.54, 1.807) is 12.1 Å². The summed E-state index contributed by atoms with van der Waals surface area (Å²) in [4.78, 5) is 21.3. The molecule has 0 spiro atoms. The second kappa shape index (κ2) is 8.90. The molecular weight excluding hydrogens is 258 g/mol. The predicted molar refractivity (Wildman–Crippen MR) is 78.7 cm³/mol. The van der Waals surface area contributed by atoms with Gasteiger partial charge in [-0.05, 0) is 31.4 Å². The van der Waals surface area contributed by atoms with E-state index >= 15 is 0 Å². The van der Waals surface area contributed by atoms with Crippen molar-refractivity contribution in [3.8, 4) is 0 Å². The quantitative estimate of drug-likeness (QED) is 0.413. The van der Waals surface area contributed by atoms with Crippen LogP contribution in [0.5, 0.6) is 0 Å². The van der Waals surface area contributed by atoms with Crippen molar-refractivity contribution < 1.29 is 9.72 Å². The van der Waals surface area contributed by atoms with Gasteiger partial charge in [-0.25, -0.2) is 0 Å². The molecule has 0 aliphatic heterocycles. The van der Waals surface area contributed by atoms with Crippen molar-refractivity contribution in [3.63, 3.8) is 0 Å². The van der Waals surface area contributed by atoms with E-state index in [-0.39, 0.29) is 11.6 Å². The molecule has 1 aromatic rings. The molecule has 110 valence electrons. The van der Waals surface area contributed by atoms with E-state index in [0.29, 0.717) is 13.0 Å². The molecule has 0 bridgehead atoms. The monoisotopic (exact) mass is 279 g/mol. The summed E-state index contributed by atoms with van der Waals surface area (Å²) in [5.74, 6) is 0.107. The van der Waals surface area contributed by atoms with Gasteiger partial charge in [0.1, 0.15) is 0 Å². The van der Waals surface area contributed by atoms with Crippen molar-refractivity contribution in [3.05, 3.63) is 34.4 Å². The van der Waals surface area contributed by atoms with E-state index in [1.165, 1.54) is 12.1 Å². The molecule has 0 aromatic heterocycles. The molecular formula is C14H21N3O3. The van der Waals surface area contributed by atoms with Gasteiger partial charge in [-0.3, -0.25) is 14.9 Å². The first-order valence-corrected chi connectivity index (χ1v) is 6.88. The lowest BCUT2D eigenvalue weighted by Crippen LogP contribution is -2.24. The van der Waals surface area contributed by atoms with Crippen LogP contribution in [-0.4, -0.2) is 23.9 Å². The number of hydrogen-bond donors (Lipinski definition) is 2. The van der Waals surface area contributed by atoms with Crippen LogP contribution < -0.4 is 10.6 Å². The molecule has 2 N–H and O–H groups in total. The lowest BCUT2D eigenvalue weighted by molar-refractivity contribution is -0.384. The highest BCUT2D eigenvalue weighted by molar-refractivity contribution is 5.75. The number of unbranched alkanes of at least 4 members (excludes halogenated alkanes) is 1. The third-order valence-corrected chi connectivity index (χ3v) is 2.81. The molecule has 0 fully saturated rings. The number of anilines is 1. The molecule has 0 atom stereocenters.